The number of carbonyl (C=O) groups is 1. The maximum absolute atomic E-state index is 11.9. The van der Waals surface area contributed by atoms with E-state index in [1.165, 1.54) is 36.5 Å². The summed E-state index contributed by atoms with van der Waals surface area (Å²) in [6.45, 7) is 0. The first-order valence-electron chi connectivity index (χ1n) is 5.44. The minimum absolute atomic E-state index is 0.0554. The zero-order valence-electron chi connectivity index (χ0n) is 10.0. The molecule has 1 amide bonds. The van der Waals surface area contributed by atoms with E-state index in [0.717, 1.165) is 0 Å². The first-order chi connectivity index (χ1) is 9.47. The van der Waals surface area contributed by atoms with Gasteiger partial charge in [0.1, 0.15) is 5.82 Å². The van der Waals surface area contributed by atoms with Crippen LogP contribution in [-0.2, 0) is 0 Å². The number of rotatable bonds is 3. The van der Waals surface area contributed by atoms with Gasteiger partial charge in [-0.25, -0.2) is 4.98 Å². The molecule has 0 spiro atoms. The predicted molar refractivity (Wildman–Crippen MR) is 74.7 cm³/mol. The quantitative estimate of drug-likeness (QED) is 0.667. The van der Waals surface area contributed by atoms with E-state index in [2.05, 4.69) is 10.3 Å². The van der Waals surface area contributed by atoms with Crippen LogP contribution in [0.5, 0.6) is 0 Å². The number of pyridine rings is 1. The van der Waals surface area contributed by atoms with Crippen molar-refractivity contribution >= 4 is 34.7 Å². The lowest BCUT2D eigenvalue weighted by Crippen LogP contribution is -2.12. The number of nitrogens with zero attached hydrogens (tertiary/aromatic N) is 2. The van der Waals surface area contributed by atoms with Gasteiger partial charge in [0, 0.05) is 24.0 Å². The summed E-state index contributed by atoms with van der Waals surface area (Å²) in [7, 11) is 0. The fourth-order valence-electron chi connectivity index (χ4n) is 1.44. The van der Waals surface area contributed by atoms with Gasteiger partial charge in [0.25, 0.3) is 11.6 Å². The van der Waals surface area contributed by atoms with Gasteiger partial charge in [-0.2, -0.15) is 0 Å². The van der Waals surface area contributed by atoms with Gasteiger partial charge in [-0.1, -0.05) is 11.6 Å². The van der Waals surface area contributed by atoms with Crippen LogP contribution in [0.4, 0.5) is 17.2 Å². The van der Waals surface area contributed by atoms with E-state index in [-0.39, 0.29) is 22.1 Å². The Balaban J connectivity index is 2.14. The minimum atomic E-state index is -0.519. The third-order valence-electron chi connectivity index (χ3n) is 2.47. The third kappa shape index (κ3) is 3.01. The van der Waals surface area contributed by atoms with Gasteiger partial charge in [-0.3, -0.25) is 14.9 Å². The number of nitrogens with two attached hydrogens (primary N) is 1. The number of benzene rings is 1. The number of nitro benzene ring substituents is 1. The summed E-state index contributed by atoms with van der Waals surface area (Å²) in [6, 6.07) is 6.85. The van der Waals surface area contributed by atoms with Gasteiger partial charge in [-0.15, -0.1) is 0 Å². The van der Waals surface area contributed by atoms with Crippen LogP contribution in [0.2, 0.25) is 5.02 Å². The molecule has 2 rings (SSSR count). The first kappa shape index (κ1) is 13.8. The highest BCUT2D eigenvalue weighted by Gasteiger charge is 2.10. The van der Waals surface area contributed by atoms with Crippen LogP contribution in [0, 0.1) is 10.1 Å². The zero-order chi connectivity index (χ0) is 14.7. The Morgan fingerprint density at radius 1 is 1.35 bits per heavy atom. The van der Waals surface area contributed by atoms with Crippen LogP contribution in [0.3, 0.4) is 0 Å². The lowest BCUT2D eigenvalue weighted by molar-refractivity contribution is -0.384. The molecule has 0 saturated heterocycles. The molecule has 7 nitrogen and oxygen atoms in total. The Labute approximate surface area is 118 Å². The molecule has 0 atom stereocenters. The van der Waals surface area contributed by atoms with Crippen LogP contribution >= 0.6 is 11.6 Å². The van der Waals surface area contributed by atoms with Gasteiger partial charge in [0.15, 0.2) is 0 Å². The Hall–Kier alpha value is -2.67. The van der Waals surface area contributed by atoms with Crippen molar-refractivity contribution in [3.8, 4) is 0 Å². The topological polar surface area (TPSA) is 111 Å². The average molecular weight is 293 g/mol. The third-order valence-corrected chi connectivity index (χ3v) is 2.77. The van der Waals surface area contributed by atoms with Gasteiger partial charge in [0.05, 0.1) is 15.5 Å². The summed E-state index contributed by atoms with van der Waals surface area (Å²) in [4.78, 5) is 25.7. The number of hydrogen-bond donors (Lipinski definition) is 2. The van der Waals surface area contributed by atoms with E-state index < -0.39 is 10.8 Å². The molecule has 8 heteroatoms. The van der Waals surface area contributed by atoms with Crippen molar-refractivity contribution in [3.63, 3.8) is 0 Å². The van der Waals surface area contributed by atoms with Gasteiger partial charge in [-0.05, 0) is 18.2 Å². The van der Waals surface area contributed by atoms with E-state index in [4.69, 9.17) is 17.3 Å². The monoisotopic (exact) mass is 292 g/mol. The molecule has 1 aromatic carbocycles. The number of carbonyl (C=O) groups excluding carboxylic acids is 1. The largest absolute Gasteiger partial charge is 0.382 e. The number of nitro groups is 1. The Morgan fingerprint density at radius 2 is 2.00 bits per heavy atom. The number of hydrogen-bond acceptors (Lipinski definition) is 5. The molecule has 0 aliphatic rings. The molecule has 0 unspecified atom stereocenters. The Morgan fingerprint density at radius 3 is 2.55 bits per heavy atom. The molecule has 0 aliphatic heterocycles. The van der Waals surface area contributed by atoms with E-state index in [1.807, 2.05) is 0 Å². The van der Waals surface area contributed by atoms with Crippen molar-refractivity contribution in [1.82, 2.24) is 4.98 Å². The molecule has 20 heavy (non-hydrogen) atoms. The van der Waals surface area contributed by atoms with E-state index in [1.54, 1.807) is 0 Å². The van der Waals surface area contributed by atoms with Gasteiger partial charge >= 0.3 is 0 Å². The van der Waals surface area contributed by atoms with Crippen molar-refractivity contribution in [1.29, 1.82) is 0 Å². The second-order valence-electron chi connectivity index (χ2n) is 3.85. The maximum atomic E-state index is 11.9. The lowest BCUT2D eigenvalue weighted by atomic mass is 10.2. The first-order valence-corrected chi connectivity index (χ1v) is 5.82. The number of non-ortho nitro benzene ring substituents is 1. The predicted octanol–water partition coefficient (Wildman–Crippen LogP) is 2.48. The molecule has 0 bridgehead atoms. The molecule has 0 saturated carbocycles. The molecule has 2 aromatic rings. The van der Waals surface area contributed by atoms with Crippen LogP contribution < -0.4 is 11.1 Å². The highest BCUT2D eigenvalue weighted by atomic mass is 35.5. The number of aromatic nitrogens is 1. The molecule has 0 radical (unpaired) electrons. The summed E-state index contributed by atoms with van der Waals surface area (Å²) in [5.74, 6) is -0.299. The zero-order valence-corrected chi connectivity index (χ0v) is 10.8. The van der Waals surface area contributed by atoms with Gasteiger partial charge in [0.2, 0.25) is 0 Å². The van der Waals surface area contributed by atoms with Crippen LogP contribution in [-0.4, -0.2) is 15.8 Å². The smallest absolute Gasteiger partial charge is 0.269 e. The second-order valence-corrected chi connectivity index (χ2v) is 4.26. The molecule has 1 heterocycles. The minimum Gasteiger partial charge on any atom is -0.382 e. The summed E-state index contributed by atoms with van der Waals surface area (Å²) in [6.07, 6.45) is 1.29. The number of nitrogen functional groups attached to an aromatic ring is 1. The molecular weight excluding hydrogens is 284 g/mol. The van der Waals surface area contributed by atoms with E-state index in [9.17, 15) is 14.9 Å². The van der Waals surface area contributed by atoms with Crippen LogP contribution in [0.25, 0.3) is 0 Å². The summed E-state index contributed by atoms with van der Waals surface area (Å²) < 4.78 is 0. The molecule has 3 N–H and O–H groups in total. The van der Waals surface area contributed by atoms with Crippen molar-refractivity contribution in [2.75, 3.05) is 11.1 Å². The van der Waals surface area contributed by atoms with E-state index in [0.29, 0.717) is 5.69 Å². The molecule has 102 valence electrons. The SMILES string of the molecule is Nc1ncc(C(=O)Nc2ccc([N+](=O)[O-])cc2)cc1Cl. The molecule has 0 aliphatic carbocycles. The van der Waals surface area contributed by atoms with E-state index >= 15 is 0 Å². The fourth-order valence-corrected chi connectivity index (χ4v) is 1.61. The van der Waals surface area contributed by atoms with Crippen LogP contribution in [0.1, 0.15) is 10.4 Å². The average Bonchev–Trinajstić information content (AvgIpc) is 2.42. The number of anilines is 2. The summed E-state index contributed by atoms with van der Waals surface area (Å²) in [5.41, 5.74) is 6.06. The van der Waals surface area contributed by atoms with Crippen LogP contribution in [0.15, 0.2) is 36.5 Å². The Bertz CT molecular complexity index is 673. The summed E-state index contributed by atoms with van der Waals surface area (Å²) in [5, 5.41) is 13.3. The number of nitrogens with one attached hydrogen (secondary N) is 1. The summed E-state index contributed by atoms with van der Waals surface area (Å²) >= 11 is 5.77. The standard InChI is InChI=1S/C12H9ClN4O3/c13-10-5-7(6-15-11(10)14)12(18)16-8-1-3-9(4-2-8)17(19)20/h1-6H,(H2,14,15)(H,16,18). The fraction of sp³-hybridized carbons (Fsp3) is 0. The number of halogens is 1. The van der Waals surface area contributed by atoms with Gasteiger partial charge < -0.3 is 11.1 Å². The molecular formula is C12H9ClN4O3. The highest BCUT2D eigenvalue weighted by Crippen LogP contribution is 2.19. The lowest BCUT2D eigenvalue weighted by Gasteiger charge is -2.05. The second kappa shape index (κ2) is 5.54. The molecule has 0 fully saturated rings. The maximum Gasteiger partial charge on any atom is 0.269 e. The highest BCUT2D eigenvalue weighted by molar-refractivity contribution is 6.33. The van der Waals surface area contributed by atoms with Crippen molar-refractivity contribution in [2.45, 2.75) is 0 Å². The Kier molecular flexibility index (Phi) is 3.81. The van der Waals surface area contributed by atoms with Crippen molar-refractivity contribution in [3.05, 3.63) is 57.2 Å². The van der Waals surface area contributed by atoms with Crippen molar-refractivity contribution in [2.24, 2.45) is 0 Å². The number of amides is 1. The van der Waals surface area contributed by atoms with Crippen molar-refractivity contribution < 1.29 is 9.72 Å². The molecule has 1 aromatic heterocycles. The normalized spacial score (nSPS) is 10.1.